The quantitative estimate of drug-likeness (QED) is 0.602. The van der Waals surface area contributed by atoms with Crippen molar-refractivity contribution >= 4 is 45.7 Å². The minimum Gasteiger partial charge on any atom is -0.300 e. The maximum atomic E-state index is 13.7. The molecule has 3 aromatic rings. The van der Waals surface area contributed by atoms with Crippen molar-refractivity contribution in [3.05, 3.63) is 75.5 Å². The summed E-state index contributed by atoms with van der Waals surface area (Å²) in [4.78, 5) is 12.1. The van der Waals surface area contributed by atoms with Crippen LogP contribution < -0.4 is 5.32 Å². The van der Waals surface area contributed by atoms with Crippen LogP contribution in [0, 0.1) is 5.82 Å². The fourth-order valence-corrected chi connectivity index (χ4v) is 4.25. The van der Waals surface area contributed by atoms with Crippen LogP contribution >= 0.6 is 34.7 Å². The molecule has 134 valence electrons. The molecule has 0 aliphatic rings. The van der Waals surface area contributed by atoms with E-state index in [0.717, 1.165) is 10.8 Å². The Morgan fingerprint density at radius 1 is 1.12 bits per heavy atom. The Morgan fingerprint density at radius 3 is 2.69 bits per heavy atom. The van der Waals surface area contributed by atoms with E-state index in [9.17, 15) is 9.18 Å². The topological polar surface area (TPSA) is 54.9 Å². The van der Waals surface area contributed by atoms with Crippen molar-refractivity contribution in [3.63, 3.8) is 0 Å². The van der Waals surface area contributed by atoms with Crippen LogP contribution in [0.2, 0.25) is 5.02 Å². The molecule has 0 saturated heterocycles. The first-order valence-electron chi connectivity index (χ1n) is 7.78. The highest BCUT2D eigenvalue weighted by atomic mass is 35.5. The van der Waals surface area contributed by atoms with Gasteiger partial charge in [-0.3, -0.25) is 4.79 Å². The molecule has 1 N–H and O–H groups in total. The first-order chi connectivity index (χ1) is 12.6. The van der Waals surface area contributed by atoms with Gasteiger partial charge in [-0.1, -0.05) is 59.3 Å². The van der Waals surface area contributed by atoms with E-state index in [1.54, 1.807) is 17.8 Å². The van der Waals surface area contributed by atoms with Crippen molar-refractivity contribution in [1.29, 1.82) is 0 Å². The van der Waals surface area contributed by atoms with Crippen LogP contribution in [0.1, 0.15) is 16.1 Å². The Balaban J connectivity index is 1.51. The van der Waals surface area contributed by atoms with Crippen LogP contribution in [-0.2, 0) is 22.7 Å². The zero-order valence-corrected chi connectivity index (χ0v) is 16.0. The number of nitrogens with one attached hydrogen (secondary N) is 1. The lowest BCUT2D eigenvalue weighted by molar-refractivity contribution is -0.115. The summed E-state index contributed by atoms with van der Waals surface area (Å²) >= 11 is 8.98. The van der Waals surface area contributed by atoms with Gasteiger partial charge in [0.05, 0.1) is 6.42 Å². The number of carbonyl (C=O) groups is 1. The number of halogens is 2. The maximum Gasteiger partial charge on any atom is 0.230 e. The fraction of sp³-hybridized carbons (Fsp3) is 0.167. The van der Waals surface area contributed by atoms with Crippen LogP contribution in [0.3, 0.4) is 0 Å². The number of carbonyl (C=O) groups excluding carboxylic acids is 1. The van der Waals surface area contributed by atoms with Crippen LogP contribution in [-0.4, -0.2) is 16.1 Å². The molecule has 1 amide bonds. The highest BCUT2D eigenvalue weighted by Crippen LogP contribution is 2.24. The average Bonchev–Trinajstić information content (AvgIpc) is 3.06. The molecule has 4 nitrogen and oxygen atoms in total. The van der Waals surface area contributed by atoms with Gasteiger partial charge in [-0.05, 0) is 17.7 Å². The summed E-state index contributed by atoms with van der Waals surface area (Å²) in [6, 6.07) is 14.5. The molecule has 0 aliphatic carbocycles. The molecule has 3 rings (SSSR count). The molecule has 1 heterocycles. The molecule has 26 heavy (non-hydrogen) atoms. The van der Waals surface area contributed by atoms with Crippen LogP contribution in [0.15, 0.2) is 48.5 Å². The number of hydrogen-bond donors (Lipinski definition) is 1. The van der Waals surface area contributed by atoms with E-state index in [1.165, 1.54) is 29.0 Å². The van der Waals surface area contributed by atoms with Crippen LogP contribution in [0.5, 0.6) is 0 Å². The second kappa shape index (κ2) is 9.12. The van der Waals surface area contributed by atoms with Gasteiger partial charge in [-0.15, -0.1) is 22.0 Å². The number of anilines is 1. The standard InChI is InChI=1S/C18H15ClFN3OS2/c19-14-7-4-8-15(20)13(14)9-16(24)21-18-23-22-17(26-18)11-25-10-12-5-2-1-3-6-12/h1-8H,9-11H2,(H,21,23,24). The molecule has 8 heteroatoms. The summed E-state index contributed by atoms with van der Waals surface area (Å²) in [5.41, 5.74) is 1.42. The van der Waals surface area contributed by atoms with Crippen LogP contribution in [0.4, 0.5) is 9.52 Å². The van der Waals surface area contributed by atoms with E-state index in [2.05, 4.69) is 27.6 Å². The summed E-state index contributed by atoms with van der Waals surface area (Å²) in [6.07, 6.45) is -0.150. The Hall–Kier alpha value is -1.96. The predicted molar refractivity (Wildman–Crippen MR) is 105 cm³/mol. The molecule has 0 atom stereocenters. The number of thioether (sulfide) groups is 1. The normalized spacial score (nSPS) is 10.7. The first kappa shape index (κ1) is 18.8. The van der Waals surface area contributed by atoms with E-state index in [-0.39, 0.29) is 22.9 Å². The largest absolute Gasteiger partial charge is 0.300 e. The maximum absolute atomic E-state index is 13.7. The third kappa shape index (κ3) is 5.27. The molecule has 0 radical (unpaired) electrons. The van der Waals surface area contributed by atoms with Crippen molar-refractivity contribution in [1.82, 2.24) is 10.2 Å². The zero-order chi connectivity index (χ0) is 18.4. The highest BCUT2D eigenvalue weighted by molar-refractivity contribution is 7.97. The Labute approximate surface area is 163 Å². The number of nitrogens with zero attached hydrogens (tertiary/aromatic N) is 2. The first-order valence-corrected chi connectivity index (χ1v) is 10.1. The van der Waals surface area contributed by atoms with E-state index >= 15 is 0 Å². The molecule has 1 aromatic heterocycles. The monoisotopic (exact) mass is 407 g/mol. The Kier molecular flexibility index (Phi) is 6.60. The zero-order valence-electron chi connectivity index (χ0n) is 13.6. The lowest BCUT2D eigenvalue weighted by Gasteiger charge is -2.05. The second-order valence-electron chi connectivity index (χ2n) is 5.40. The van der Waals surface area contributed by atoms with Crippen molar-refractivity contribution in [3.8, 4) is 0 Å². The Morgan fingerprint density at radius 2 is 1.92 bits per heavy atom. The lowest BCUT2D eigenvalue weighted by Crippen LogP contribution is -2.15. The molecule has 0 bridgehead atoms. The number of amides is 1. The van der Waals surface area contributed by atoms with E-state index < -0.39 is 5.82 Å². The third-order valence-electron chi connectivity index (χ3n) is 3.45. The van der Waals surface area contributed by atoms with Gasteiger partial charge >= 0.3 is 0 Å². The highest BCUT2D eigenvalue weighted by Gasteiger charge is 2.14. The minimum atomic E-state index is -0.497. The molecule has 0 unspecified atom stereocenters. The van der Waals surface area contributed by atoms with E-state index in [4.69, 9.17) is 11.6 Å². The lowest BCUT2D eigenvalue weighted by atomic mass is 10.1. The van der Waals surface area contributed by atoms with E-state index in [1.807, 2.05) is 18.2 Å². The second-order valence-corrected chi connectivity index (χ2v) is 7.86. The number of hydrogen-bond acceptors (Lipinski definition) is 5. The molecule has 0 aliphatic heterocycles. The van der Waals surface area contributed by atoms with Gasteiger partial charge in [0.2, 0.25) is 11.0 Å². The minimum absolute atomic E-state index is 0.150. The summed E-state index contributed by atoms with van der Waals surface area (Å²) in [5.74, 6) is 0.717. The van der Waals surface area contributed by atoms with Crippen molar-refractivity contribution in [2.75, 3.05) is 5.32 Å². The fourth-order valence-electron chi connectivity index (χ4n) is 2.22. The summed E-state index contributed by atoms with van der Waals surface area (Å²) in [7, 11) is 0. The van der Waals surface area contributed by atoms with Gasteiger partial charge in [0.25, 0.3) is 0 Å². The predicted octanol–water partition coefficient (Wildman–Crippen LogP) is 4.95. The summed E-state index contributed by atoms with van der Waals surface area (Å²) in [6.45, 7) is 0. The summed E-state index contributed by atoms with van der Waals surface area (Å²) < 4.78 is 13.7. The smallest absolute Gasteiger partial charge is 0.230 e. The van der Waals surface area contributed by atoms with E-state index in [0.29, 0.717) is 10.9 Å². The van der Waals surface area contributed by atoms with Crippen molar-refractivity contribution < 1.29 is 9.18 Å². The summed E-state index contributed by atoms with van der Waals surface area (Å²) in [5, 5.41) is 12.1. The molecular formula is C18H15ClFN3OS2. The van der Waals surface area contributed by atoms with Crippen LogP contribution in [0.25, 0.3) is 0 Å². The average molecular weight is 408 g/mol. The molecular weight excluding hydrogens is 393 g/mol. The number of aromatic nitrogens is 2. The number of rotatable bonds is 7. The third-order valence-corrected chi connectivity index (χ3v) is 5.84. The van der Waals surface area contributed by atoms with Gasteiger partial charge in [-0.25, -0.2) is 4.39 Å². The molecule has 0 saturated carbocycles. The molecule has 0 fully saturated rings. The van der Waals surface area contributed by atoms with Gasteiger partial charge < -0.3 is 5.32 Å². The Bertz CT molecular complexity index is 869. The van der Waals surface area contributed by atoms with Crippen molar-refractivity contribution in [2.45, 2.75) is 17.9 Å². The van der Waals surface area contributed by atoms with Gasteiger partial charge in [0.1, 0.15) is 10.8 Å². The van der Waals surface area contributed by atoms with Gasteiger partial charge in [0, 0.05) is 22.1 Å². The number of benzene rings is 2. The van der Waals surface area contributed by atoms with Crippen molar-refractivity contribution in [2.24, 2.45) is 0 Å². The van der Waals surface area contributed by atoms with Gasteiger partial charge in [0.15, 0.2) is 0 Å². The van der Waals surface area contributed by atoms with Gasteiger partial charge in [-0.2, -0.15) is 0 Å². The molecule has 0 spiro atoms. The SMILES string of the molecule is O=C(Cc1c(F)cccc1Cl)Nc1nnc(CSCc2ccccc2)s1. The molecule has 2 aromatic carbocycles.